The average molecular weight is 237 g/mol. The standard InChI is InChI=1S/C12H16FN3O/c1-15-11(8-12(17)16(15)7-6-14)9-2-4-10(13)5-3-9/h2-5,11H,6-8,14H2,1H3. The Bertz CT molecular complexity index is 407. The molecule has 4 nitrogen and oxygen atoms in total. The summed E-state index contributed by atoms with van der Waals surface area (Å²) in [4.78, 5) is 11.8. The third-order valence-electron chi connectivity index (χ3n) is 3.08. The molecule has 0 saturated carbocycles. The summed E-state index contributed by atoms with van der Waals surface area (Å²) in [7, 11) is 1.86. The summed E-state index contributed by atoms with van der Waals surface area (Å²) in [5.41, 5.74) is 6.41. The molecule has 2 N–H and O–H groups in total. The van der Waals surface area contributed by atoms with Crippen molar-refractivity contribution in [1.29, 1.82) is 0 Å². The van der Waals surface area contributed by atoms with Gasteiger partial charge in [0, 0.05) is 26.6 Å². The van der Waals surface area contributed by atoms with Gasteiger partial charge in [0.2, 0.25) is 5.91 Å². The van der Waals surface area contributed by atoms with Gasteiger partial charge in [-0.1, -0.05) is 12.1 Å². The number of rotatable bonds is 3. The summed E-state index contributed by atoms with van der Waals surface area (Å²) < 4.78 is 12.8. The van der Waals surface area contributed by atoms with Crippen LogP contribution in [0.25, 0.3) is 0 Å². The maximum absolute atomic E-state index is 12.8. The normalized spacial score (nSPS) is 21.2. The fourth-order valence-electron chi connectivity index (χ4n) is 2.17. The van der Waals surface area contributed by atoms with Crippen LogP contribution in [0.4, 0.5) is 4.39 Å². The Morgan fingerprint density at radius 3 is 2.65 bits per heavy atom. The van der Waals surface area contributed by atoms with Gasteiger partial charge in [0.05, 0.1) is 6.04 Å². The highest BCUT2D eigenvalue weighted by Gasteiger charge is 2.35. The maximum atomic E-state index is 12.8. The molecule has 1 unspecified atom stereocenters. The van der Waals surface area contributed by atoms with Gasteiger partial charge in [0.15, 0.2) is 0 Å². The quantitative estimate of drug-likeness (QED) is 0.850. The van der Waals surface area contributed by atoms with Crippen LogP contribution in [0, 0.1) is 5.82 Å². The number of halogens is 1. The van der Waals surface area contributed by atoms with Crippen LogP contribution in [0.1, 0.15) is 18.0 Å². The van der Waals surface area contributed by atoms with E-state index in [-0.39, 0.29) is 17.8 Å². The Morgan fingerprint density at radius 1 is 1.41 bits per heavy atom. The SMILES string of the molecule is CN1C(c2ccc(F)cc2)CC(=O)N1CCN. The Kier molecular flexibility index (Phi) is 3.40. The molecule has 1 atom stereocenters. The van der Waals surface area contributed by atoms with E-state index in [1.54, 1.807) is 17.1 Å². The lowest BCUT2D eigenvalue weighted by atomic mass is 10.0. The first-order valence-corrected chi connectivity index (χ1v) is 5.62. The van der Waals surface area contributed by atoms with E-state index in [9.17, 15) is 9.18 Å². The number of benzene rings is 1. The first-order valence-electron chi connectivity index (χ1n) is 5.62. The number of nitrogens with zero attached hydrogens (tertiary/aromatic N) is 2. The Morgan fingerprint density at radius 2 is 2.06 bits per heavy atom. The van der Waals surface area contributed by atoms with E-state index >= 15 is 0 Å². The summed E-state index contributed by atoms with van der Waals surface area (Å²) in [6.45, 7) is 0.958. The fourth-order valence-corrected chi connectivity index (χ4v) is 2.17. The Balaban J connectivity index is 2.18. The Hall–Kier alpha value is -1.46. The van der Waals surface area contributed by atoms with Crippen molar-refractivity contribution in [2.24, 2.45) is 5.73 Å². The topological polar surface area (TPSA) is 49.6 Å². The van der Waals surface area contributed by atoms with Crippen LogP contribution in [0.15, 0.2) is 24.3 Å². The zero-order valence-corrected chi connectivity index (χ0v) is 9.77. The molecule has 0 radical (unpaired) electrons. The second kappa shape index (κ2) is 4.81. The van der Waals surface area contributed by atoms with Crippen LogP contribution in [-0.2, 0) is 4.79 Å². The second-order valence-electron chi connectivity index (χ2n) is 4.15. The van der Waals surface area contributed by atoms with Gasteiger partial charge in [-0.15, -0.1) is 0 Å². The summed E-state index contributed by atoms with van der Waals surface area (Å²) in [5, 5.41) is 3.52. The maximum Gasteiger partial charge on any atom is 0.238 e. The van der Waals surface area contributed by atoms with Gasteiger partial charge in [0.1, 0.15) is 5.82 Å². The molecule has 1 heterocycles. The smallest absolute Gasteiger partial charge is 0.238 e. The number of hydrogen-bond acceptors (Lipinski definition) is 3. The molecule has 1 fully saturated rings. The van der Waals surface area contributed by atoms with E-state index < -0.39 is 0 Å². The highest BCUT2D eigenvalue weighted by molar-refractivity contribution is 5.78. The van der Waals surface area contributed by atoms with Crippen LogP contribution in [0.2, 0.25) is 0 Å². The molecule has 1 aromatic carbocycles. The number of amides is 1. The summed E-state index contributed by atoms with van der Waals surface area (Å²) in [6.07, 6.45) is 0.419. The molecule has 1 aliphatic heterocycles. The summed E-state index contributed by atoms with van der Waals surface area (Å²) in [5.74, 6) is -0.202. The highest BCUT2D eigenvalue weighted by atomic mass is 19.1. The first-order chi connectivity index (χ1) is 8.13. The van der Waals surface area contributed by atoms with Crippen molar-refractivity contribution in [3.05, 3.63) is 35.6 Å². The molecule has 1 saturated heterocycles. The molecular weight excluding hydrogens is 221 g/mol. The molecule has 0 aliphatic carbocycles. The highest BCUT2D eigenvalue weighted by Crippen LogP contribution is 2.31. The minimum absolute atomic E-state index is 0.0188. The Labute approximate surface area is 99.8 Å². The van der Waals surface area contributed by atoms with Crippen LogP contribution in [-0.4, -0.2) is 36.1 Å². The zero-order chi connectivity index (χ0) is 12.4. The summed E-state index contributed by atoms with van der Waals surface area (Å²) >= 11 is 0. The number of carbonyl (C=O) groups is 1. The van der Waals surface area contributed by atoms with Crippen molar-refractivity contribution < 1.29 is 9.18 Å². The molecule has 0 bridgehead atoms. The van der Waals surface area contributed by atoms with E-state index in [2.05, 4.69) is 0 Å². The van der Waals surface area contributed by atoms with Gasteiger partial charge in [-0.05, 0) is 17.7 Å². The van der Waals surface area contributed by atoms with Crippen molar-refractivity contribution in [2.75, 3.05) is 20.1 Å². The van der Waals surface area contributed by atoms with Crippen LogP contribution >= 0.6 is 0 Å². The lowest BCUT2D eigenvalue weighted by Crippen LogP contribution is -2.40. The van der Waals surface area contributed by atoms with E-state index in [0.29, 0.717) is 19.5 Å². The molecule has 1 aliphatic rings. The first kappa shape index (κ1) is 12.0. The minimum atomic E-state index is -0.264. The number of hydrogen-bond donors (Lipinski definition) is 1. The van der Waals surface area contributed by atoms with Crippen LogP contribution < -0.4 is 5.73 Å². The molecule has 1 amide bonds. The van der Waals surface area contributed by atoms with Gasteiger partial charge >= 0.3 is 0 Å². The molecule has 17 heavy (non-hydrogen) atoms. The van der Waals surface area contributed by atoms with E-state index in [4.69, 9.17) is 5.73 Å². The van der Waals surface area contributed by atoms with Gasteiger partial charge in [-0.3, -0.25) is 9.80 Å². The molecular formula is C12H16FN3O. The lowest BCUT2D eigenvalue weighted by molar-refractivity contribution is -0.136. The second-order valence-corrected chi connectivity index (χ2v) is 4.15. The molecule has 0 aromatic heterocycles. The van der Waals surface area contributed by atoms with Crippen LogP contribution in [0.5, 0.6) is 0 Å². The largest absolute Gasteiger partial charge is 0.329 e. The third kappa shape index (κ3) is 2.30. The van der Waals surface area contributed by atoms with Gasteiger partial charge in [0.25, 0.3) is 0 Å². The molecule has 5 heteroatoms. The molecule has 0 spiro atoms. The fraction of sp³-hybridized carbons (Fsp3) is 0.417. The zero-order valence-electron chi connectivity index (χ0n) is 9.77. The van der Waals surface area contributed by atoms with E-state index in [1.807, 2.05) is 12.1 Å². The monoisotopic (exact) mass is 237 g/mol. The van der Waals surface area contributed by atoms with Crippen molar-refractivity contribution in [3.8, 4) is 0 Å². The predicted octanol–water partition coefficient (Wildman–Crippen LogP) is 0.905. The number of hydrazine groups is 1. The van der Waals surface area contributed by atoms with Crippen LogP contribution in [0.3, 0.4) is 0 Å². The number of carbonyl (C=O) groups excluding carboxylic acids is 1. The lowest BCUT2D eigenvalue weighted by Gasteiger charge is -2.28. The van der Waals surface area contributed by atoms with E-state index in [0.717, 1.165) is 5.56 Å². The van der Waals surface area contributed by atoms with Crippen molar-refractivity contribution in [2.45, 2.75) is 12.5 Å². The van der Waals surface area contributed by atoms with Crippen molar-refractivity contribution in [3.63, 3.8) is 0 Å². The molecule has 1 aromatic rings. The van der Waals surface area contributed by atoms with Crippen molar-refractivity contribution in [1.82, 2.24) is 10.0 Å². The van der Waals surface area contributed by atoms with E-state index in [1.165, 1.54) is 12.1 Å². The minimum Gasteiger partial charge on any atom is -0.329 e. The van der Waals surface area contributed by atoms with Crippen molar-refractivity contribution >= 4 is 5.91 Å². The third-order valence-corrected chi connectivity index (χ3v) is 3.08. The molecule has 2 rings (SSSR count). The predicted molar refractivity (Wildman–Crippen MR) is 62.3 cm³/mol. The average Bonchev–Trinajstić information content (AvgIpc) is 2.59. The van der Waals surface area contributed by atoms with Gasteiger partial charge < -0.3 is 5.73 Å². The summed E-state index contributed by atoms with van der Waals surface area (Å²) in [6, 6.07) is 6.25. The van der Waals surface area contributed by atoms with Gasteiger partial charge in [-0.25, -0.2) is 9.40 Å². The van der Waals surface area contributed by atoms with Gasteiger partial charge in [-0.2, -0.15) is 0 Å². The number of nitrogens with two attached hydrogens (primary N) is 1. The molecule has 92 valence electrons.